The zero-order valence-electron chi connectivity index (χ0n) is 27.4. The number of unbranched alkanes of at least 4 members (excludes halogenated alkanes) is 20. The molecule has 236 valence electrons. The summed E-state index contributed by atoms with van der Waals surface area (Å²) >= 11 is 0. The van der Waals surface area contributed by atoms with E-state index in [1.807, 2.05) is 0 Å². The van der Waals surface area contributed by atoms with Gasteiger partial charge in [-0.2, -0.15) is 0 Å². The van der Waals surface area contributed by atoms with E-state index >= 15 is 0 Å². The summed E-state index contributed by atoms with van der Waals surface area (Å²) in [5, 5.41) is 0. The molecule has 1 aliphatic heterocycles. The molecule has 8 heteroatoms. The van der Waals surface area contributed by atoms with E-state index in [1.54, 1.807) is 0 Å². The maximum atomic E-state index is 7.54. The van der Waals surface area contributed by atoms with Gasteiger partial charge in [-0.05, 0) is 24.2 Å². The lowest BCUT2D eigenvalue weighted by Gasteiger charge is -2.42. The average Bonchev–Trinajstić information content (AvgIpc) is 2.95. The van der Waals surface area contributed by atoms with Crippen molar-refractivity contribution in [3.05, 3.63) is 0 Å². The summed E-state index contributed by atoms with van der Waals surface area (Å²) in [6, 6.07) is 4.55. The SMILES string of the molecule is CCCCCCCC[Si]1(CCCCCCCC)O[Si]O[Si]O[Si](CCCCCCCC)(CCCCCCCC)O1. The van der Waals surface area contributed by atoms with Gasteiger partial charge in [0.1, 0.15) is 0 Å². The molecule has 1 saturated heterocycles. The van der Waals surface area contributed by atoms with E-state index < -0.39 is 17.1 Å². The van der Waals surface area contributed by atoms with E-state index in [9.17, 15) is 0 Å². The summed E-state index contributed by atoms with van der Waals surface area (Å²) in [7, 11) is -4.56. The predicted molar refractivity (Wildman–Crippen MR) is 180 cm³/mol. The van der Waals surface area contributed by atoms with Crippen LogP contribution < -0.4 is 0 Å². The first-order valence-electron chi connectivity index (χ1n) is 17.9. The first-order valence-corrected chi connectivity index (χ1v) is 24.0. The molecule has 0 atom stereocenters. The third-order valence-electron chi connectivity index (χ3n) is 8.56. The number of hydrogen-bond donors (Lipinski definition) is 0. The zero-order valence-corrected chi connectivity index (χ0v) is 31.4. The van der Waals surface area contributed by atoms with Gasteiger partial charge in [-0.3, -0.25) is 0 Å². The Labute approximate surface area is 258 Å². The molecule has 0 aromatic rings. The third-order valence-corrected chi connectivity index (χ3v) is 20.3. The van der Waals surface area contributed by atoms with Crippen molar-refractivity contribution in [1.29, 1.82) is 0 Å². The van der Waals surface area contributed by atoms with Gasteiger partial charge < -0.3 is 16.5 Å². The second-order valence-electron chi connectivity index (χ2n) is 12.5. The summed E-state index contributed by atoms with van der Waals surface area (Å²) < 4.78 is 27.1. The Morgan fingerprint density at radius 1 is 0.350 bits per heavy atom. The fourth-order valence-electron chi connectivity index (χ4n) is 5.95. The molecule has 0 aromatic carbocycles. The molecule has 0 amide bonds. The molecule has 0 spiro atoms. The molecule has 4 radical (unpaired) electrons. The summed E-state index contributed by atoms with van der Waals surface area (Å²) in [5.41, 5.74) is 0. The lowest BCUT2D eigenvalue weighted by Crippen LogP contribution is -2.58. The van der Waals surface area contributed by atoms with E-state index in [2.05, 4.69) is 27.7 Å². The minimum Gasteiger partial charge on any atom is -0.415 e. The van der Waals surface area contributed by atoms with Gasteiger partial charge in [0.25, 0.3) is 0 Å². The van der Waals surface area contributed by atoms with Crippen molar-refractivity contribution < 1.29 is 16.5 Å². The van der Waals surface area contributed by atoms with Crippen LogP contribution in [0, 0.1) is 0 Å². The highest BCUT2D eigenvalue weighted by Crippen LogP contribution is 2.36. The van der Waals surface area contributed by atoms with Crippen molar-refractivity contribution >= 4 is 37.1 Å². The van der Waals surface area contributed by atoms with Gasteiger partial charge in [0, 0.05) is 0 Å². The first-order chi connectivity index (χ1) is 19.7. The summed E-state index contributed by atoms with van der Waals surface area (Å²) in [6.07, 6.45) is 31.8. The topological polar surface area (TPSA) is 36.9 Å². The van der Waals surface area contributed by atoms with Crippen molar-refractivity contribution in [3.8, 4) is 0 Å². The van der Waals surface area contributed by atoms with Crippen molar-refractivity contribution in [2.45, 2.75) is 206 Å². The Morgan fingerprint density at radius 3 is 0.875 bits per heavy atom. The van der Waals surface area contributed by atoms with Gasteiger partial charge in [-0.25, -0.2) is 0 Å². The number of rotatable bonds is 28. The van der Waals surface area contributed by atoms with Crippen LogP contribution in [0.5, 0.6) is 0 Å². The molecule has 1 heterocycles. The fourth-order valence-corrected chi connectivity index (χ4v) is 19.1. The Morgan fingerprint density at radius 2 is 0.600 bits per heavy atom. The minimum absolute atomic E-state index is 0.0926. The van der Waals surface area contributed by atoms with Crippen molar-refractivity contribution in [2.24, 2.45) is 0 Å². The molecule has 0 saturated carbocycles. The van der Waals surface area contributed by atoms with Gasteiger partial charge in [0.05, 0.1) is 0 Å². The lowest BCUT2D eigenvalue weighted by molar-refractivity contribution is 0.259. The van der Waals surface area contributed by atoms with Crippen LogP contribution >= 0.6 is 0 Å². The Kier molecular flexibility index (Phi) is 26.4. The quantitative estimate of drug-likeness (QED) is 0.0638. The average molecular weight is 629 g/mol. The summed E-state index contributed by atoms with van der Waals surface area (Å²) in [5.74, 6) is 0. The van der Waals surface area contributed by atoms with E-state index in [4.69, 9.17) is 16.5 Å². The van der Waals surface area contributed by atoms with Gasteiger partial charge in [0.2, 0.25) is 0 Å². The normalized spacial score (nSPS) is 17.1. The molecule has 1 aliphatic rings. The van der Waals surface area contributed by atoms with E-state index in [1.165, 1.54) is 154 Å². The van der Waals surface area contributed by atoms with Crippen LogP contribution in [-0.2, 0) is 16.5 Å². The second kappa shape index (κ2) is 27.3. The Balaban J connectivity index is 2.94. The largest absolute Gasteiger partial charge is 0.415 e. The minimum atomic E-state index is -2.37. The van der Waals surface area contributed by atoms with Gasteiger partial charge >= 0.3 is 37.1 Å². The molecule has 4 nitrogen and oxygen atoms in total. The molecular weight excluding hydrogens is 561 g/mol. The predicted octanol–water partition coefficient (Wildman–Crippen LogP) is 11.5. The number of hydrogen-bond acceptors (Lipinski definition) is 4. The molecule has 40 heavy (non-hydrogen) atoms. The van der Waals surface area contributed by atoms with Crippen LogP contribution in [0.25, 0.3) is 0 Å². The lowest BCUT2D eigenvalue weighted by atomic mass is 10.1. The van der Waals surface area contributed by atoms with E-state index in [-0.39, 0.29) is 20.0 Å². The summed E-state index contributed by atoms with van der Waals surface area (Å²) in [6.45, 7) is 9.21. The fraction of sp³-hybridized carbons (Fsp3) is 1.00. The highest BCUT2D eigenvalue weighted by Gasteiger charge is 2.49. The van der Waals surface area contributed by atoms with Gasteiger partial charge in [-0.1, -0.05) is 182 Å². The highest BCUT2D eigenvalue weighted by atomic mass is 28.5. The Bertz CT molecular complexity index is 465. The van der Waals surface area contributed by atoms with Crippen molar-refractivity contribution in [1.82, 2.24) is 0 Å². The molecule has 1 fully saturated rings. The van der Waals surface area contributed by atoms with Crippen LogP contribution in [0.4, 0.5) is 0 Å². The van der Waals surface area contributed by atoms with Gasteiger partial charge in [0.15, 0.2) is 0 Å². The maximum Gasteiger partial charge on any atom is 0.413 e. The molecular formula is C32H68O4Si4. The van der Waals surface area contributed by atoms with Crippen LogP contribution in [0.2, 0.25) is 24.2 Å². The first kappa shape index (κ1) is 38.7. The maximum absolute atomic E-state index is 7.54. The molecule has 0 aliphatic carbocycles. The second-order valence-corrected chi connectivity index (χ2v) is 21.7. The van der Waals surface area contributed by atoms with Crippen LogP contribution in [0.1, 0.15) is 182 Å². The molecule has 0 bridgehead atoms. The standard InChI is InChI=1S/C32H68O4Si4/c1-5-9-13-17-21-25-29-39(30-26-22-18-14-10-6-2)34-37-33-38-35-40(36-39,31-27-23-19-15-11-7-3)32-28-24-20-16-12-8-4/h5-32H2,1-4H3. The van der Waals surface area contributed by atoms with E-state index in [0.717, 1.165) is 24.2 Å². The van der Waals surface area contributed by atoms with E-state index in [0.29, 0.717) is 0 Å². The van der Waals surface area contributed by atoms with Crippen LogP contribution in [0.3, 0.4) is 0 Å². The van der Waals surface area contributed by atoms with Crippen molar-refractivity contribution in [3.63, 3.8) is 0 Å². The van der Waals surface area contributed by atoms with Crippen LogP contribution in [0.15, 0.2) is 0 Å². The molecule has 0 aromatic heterocycles. The smallest absolute Gasteiger partial charge is 0.413 e. The van der Waals surface area contributed by atoms with Crippen molar-refractivity contribution in [2.75, 3.05) is 0 Å². The molecule has 1 rings (SSSR count). The summed E-state index contributed by atoms with van der Waals surface area (Å²) in [4.78, 5) is 0. The zero-order chi connectivity index (χ0) is 29.0. The monoisotopic (exact) mass is 628 g/mol. The van der Waals surface area contributed by atoms with Gasteiger partial charge in [-0.15, -0.1) is 0 Å². The molecule has 0 unspecified atom stereocenters. The third kappa shape index (κ3) is 19.8. The highest BCUT2D eigenvalue weighted by molar-refractivity contribution is 6.85. The van der Waals surface area contributed by atoms with Crippen LogP contribution in [-0.4, -0.2) is 37.1 Å². The Hall–Kier alpha value is 0.708. The molecule has 0 N–H and O–H groups in total.